The fraction of sp³-hybridized carbons (Fsp3) is 0. The van der Waals surface area contributed by atoms with E-state index in [1.807, 2.05) is 30.3 Å². The van der Waals surface area contributed by atoms with E-state index < -0.39 is 7.92 Å². The molecule has 0 heterocycles. The van der Waals surface area contributed by atoms with Gasteiger partial charge in [0.2, 0.25) is 0 Å². The Balaban J connectivity index is 0.000000236. The molecule has 0 aromatic heterocycles. The Bertz CT molecular complexity index is 782. The molecule has 4 aromatic rings. The maximum Gasteiger partial charge on any atom is -0.0134 e. The average molecular weight is 372 g/mol. The Kier molecular flexibility index (Phi) is 7.15. The van der Waals surface area contributed by atoms with E-state index in [0.29, 0.717) is 0 Å². The summed E-state index contributed by atoms with van der Waals surface area (Å²) in [5.74, 6) is 0. The first-order chi connectivity index (χ1) is 12.8. The molecule has 0 bridgehead atoms. The molecular formula is C24H22P2. The maximum atomic E-state index is 2.63. The van der Waals surface area contributed by atoms with E-state index in [2.05, 4.69) is 100 Å². The van der Waals surface area contributed by atoms with Crippen LogP contribution in [0.4, 0.5) is 0 Å². The topological polar surface area (TPSA) is 0 Å². The van der Waals surface area contributed by atoms with Crippen LogP contribution in [0.5, 0.6) is 0 Å². The van der Waals surface area contributed by atoms with E-state index in [-0.39, 0.29) is 0 Å². The maximum absolute atomic E-state index is 2.63. The third kappa shape index (κ3) is 5.37. The third-order valence-corrected chi connectivity index (χ3v) is 6.67. The molecule has 1 atom stereocenters. The van der Waals surface area contributed by atoms with Crippen molar-refractivity contribution >= 4 is 38.4 Å². The summed E-state index contributed by atoms with van der Waals surface area (Å²) in [5.41, 5.74) is 0. The van der Waals surface area contributed by atoms with Crippen LogP contribution in [0.2, 0.25) is 0 Å². The number of hydrogen-bond donors (Lipinski definition) is 0. The van der Waals surface area contributed by atoms with E-state index >= 15 is 0 Å². The van der Waals surface area contributed by atoms with Crippen LogP contribution >= 0.6 is 17.2 Å². The summed E-state index contributed by atoms with van der Waals surface area (Å²) < 4.78 is 0. The second-order valence-electron chi connectivity index (χ2n) is 5.75. The summed E-state index contributed by atoms with van der Waals surface area (Å²) in [4.78, 5) is 0. The third-order valence-electron chi connectivity index (χ3n) is 3.84. The van der Waals surface area contributed by atoms with E-state index in [0.717, 1.165) is 0 Å². The Hall–Kier alpha value is -2.26. The number of hydrogen-bond acceptors (Lipinski definition) is 0. The first-order valence-electron chi connectivity index (χ1n) is 8.60. The summed E-state index contributed by atoms with van der Waals surface area (Å²) in [7, 11) is 2.18. The molecule has 26 heavy (non-hydrogen) atoms. The Morgan fingerprint density at radius 3 is 0.885 bits per heavy atom. The van der Waals surface area contributed by atoms with Gasteiger partial charge < -0.3 is 0 Å². The molecule has 0 N–H and O–H groups in total. The van der Waals surface area contributed by atoms with Gasteiger partial charge in [0, 0.05) is 0 Å². The van der Waals surface area contributed by atoms with E-state index in [1.165, 1.54) is 21.2 Å². The van der Waals surface area contributed by atoms with Gasteiger partial charge in [-0.1, -0.05) is 121 Å². The van der Waals surface area contributed by atoms with Gasteiger partial charge in [-0.2, -0.15) is 0 Å². The van der Waals surface area contributed by atoms with Crippen LogP contribution < -0.4 is 21.2 Å². The molecule has 0 spiro atoms. The molecule has 4 rings (SSSR count). The normalized spacial score (nSPS) is 10.1. The first kappa shape index (κ1) is 18.5. The van der Waals surface area contributed by atoms with Gasteiger partial charge in [-0.05, 0) is 29.1 Å². The minimum atomic E-state index is -0.446. The monoisotopic (exact) mass is 372 g/mol. The van der Waals surface area contributed by atoms with E-state index in [4.69, 9.17) is 0 Å². The van der Waals surface area contributed by atoms with E-state index in [9.17, 15) is 0 Å². The highest BCUT2D eigenvalue weighted by Gasteiger charge is 2.14. The molecule has 0 aliphatic rings. The molecule has 1 unspecified atom stereocenters. The van der Waals surface area contributed by atoms with Crippen LogP contribution in [-0.4, -0.2) is 0 Å². The lowest BCUT2D eigenvalue weighted by Gasteiger charge is -2.18. The molecule has 0 radical (unpaired) electrons. The van der Waals surface area contributed by atoms with Gasteiger partial charge in [0.1, 0.15) is 0 Å². The SMILES string of the molecule is Pc1ccccc1.c1ccc(P(c2ccccc2)c2ccccc2)cc1. The fourth-order valence-electron chi connectivity index (χ4n) is 2.63. The van der Waals surface area contributed by atoms with Crippen molar-refractivity contribution in [1.82, 2.24) is 0 Å². The molecule has 0 amide bonds. The van der Waals surface area contributed by atoms with Crippen LogP contribution in [0.3, 0.4) is 0 Å². The molecule has 2 heteroatoms. The van der Waals surface area contributed by atoms with Crippen LogP contribution in [0.15, 0.2) is 121 Å². The molecule has 0 nitrogen and oxygen atoms in total. The van der Waals surface area contributed by atoms with Crippen molar-refractivity contribution in [2.24, 2.45) is 0 Å². The highest BCUT2D eigenvalue weighted by Crippen LogP contribution is 2.32. The Labute approximate surface area is 159 Å². The lowest BCUT2D eigenvalue weighted by Crippen LogP contribution is -2.20. The van der Waals surface area contributed by atoms with Gasteiger partial charge in [-0.25, -0.2) is 0 Å². The van der Waals surface area contributed by atoms with Gasteiger partial charge in [0.15, 0.2) is 0 Å². The molecule has 0 aliphatic carbocycles. The minimum absolute atomic E-state index is 0.446. The predicted octanol–water partition coefficient (Wildman–Crippen LogP) is 4.63. The van der Waals surface area contributed by atoms with Crippen molar-refractivity contribution in [1.29, 1.82) is 0 Å². The van der Waals surface area contributed by atoms with Crippen molar-refractivity contribution in [3.05, 3.63) is 121 Å². The molecule has 0 fully saturated rings. The zero-order valence-electron chi connectivity index (χ0n) is 14.6. The molecule has 0 aliphatic heterocycles. The molecule has 0 saturated heterocycles. The van der Waals surface area contributed by atoms with Gasteiger partial charge in [0.05, 0.1) is 0 Å². The molecule has 4 aromatic carbocycles. The van der Waals surface area contributed by atoms with Crippen LogP contribution in [0, 0.1) is 0 Å². The minimum Gasteiger partial charge on any atom is -0.106 e. The van der Waals surface area contributed by atoms with Crippen molar-refractivity contribution in [2.45, 2.75) is 0 Å². The first-order valence-corrected chi connectivity index (χ1v) is 10.5. The quantitative estimate of drug-likeness (QED) is 0.460. The highest BCUT2D eigenvalue weighted by molar-refractivity contribution is 7.79. The standard InChI is InChI=1S/C18H15P.C6H7P/c1-4-10-16(11-5-1)19(17-12-6-2-7-13-17)18-14-8-3-9-15-18;7-6-4-2-1-3-5-6/h1-15H;1-5H,7H2. The molecule has 128 valence electrons. The Morgan fingerprint density at radius 1 is 0.385 bits per heavy atom. The Morgan fingerprint density at radius 2 is 0.654 bits per heavy atom. The second-order valence-corrected chi connectivity index (χ2v) is 8.64. The largest absolute Gasteiger partial charge is 0.106 e. The lowest BCUT2D eigenvalue weighted by molar-refractivity contribution is 1.74. The average Bonchev–Trinajstić information content (AvgIpc) is 2.72. The van der Waals surface area contributed by atoms with Crippen molar-refractivity contribution in [3.63, 3.8) is 0 Å². The fourth-order valence-corrected chi connectivity index (χ4v) is 5.16. The predicted molar refractivity (Wildman–Crippen MR) is 121 cm³/mol. The van der Waals surface area contributed by atoms with Gasteiger partial charge >= 0.3 is 0 Å². The molecule has 0 saturated carbocycles. The van der Waals surface area contributed by atoms with Crippen LogP contribution in [0.25, 0.3) is 0 Å². The van der Waals surface area contributed by atoms with Gasteiger partial charge in [-0.15, -0.1) is 9.24 Å². The second kappa shape index (κ2) is 10.0. The zero-order valence-corrected chi connectivity index (χ0v) is 16.6. The lowest BCUT2D eigenvalue weighted by atomic mass is 10.4. The number of benzene rings is 4. The molecular weight excluding hydrogens is 350 g/mol. The smallest absolute Gasteiger partial charge is 0.0134 e. The summed E-state index contributed by atoms with van der Waals surface area (Å²) in [5, 5.41) is 5.43. The highest BCUT2D eigenvalue weighted by atomic mass is 31.1. The summed E-state index contributed by atoms with van der Waals surface area (Å²) in [6.07, 6.45) is 0. The zero-order chi connectivity index (χ0) is 18.0. The van der Waals surface area contributed by atoms with Gasteiger partial charge in [0.25, 0.3) is 0 Å². The van der Waals surface area contributed by atoms with Crippen LogP contribution in [-0.2, 0) is 0 Å². The summed E-state index contributed by atoms with van der Waals surface area (Å²) in [6, 6.07) is 42.5. The van der Waals surface area contributed by atoms with E-state index in [1.54, 1.807) is 0 Å². The number of rotatable bonds is 3. The van der Waals surface area contributed by atoms with Crippen molar-refractivity contribution < 1.29 is 0 Å². The van der Waals surface area contributed by atoms with Gasteiger partial charge in [-0.3, -0.25) is 0 Å². The van der Waals surface area contributed by atoms with Crippen molar-refractivity contribution in [3.8, 4) is 0 Å². The van der Waals surface area contributed by atoms with Crippen molar-refractivity contribution in [2.75, 3.05) is 0 Å². The van der Waals surface area contributed by atoms with Crippen LogP contribution in [0.1, 0.15) is 0 Å². The summed E-state index contributed by atoms with van der Waals surface area (Å²) >= 11 is 0. The summed E-state index contributed by atoms with van der Waals surface area (Å²) in [6.45, 7) is 0.